The van der Waals surface area contributed by atoms with Crippen LogP contribution in [0.1, 0.15) is 39.0 Å². The lowest BCUT2D eigenvalue weighted by Gasteiger charge is -2.06. The monoisotopic (exact) mass is 159 g/mol. The molecule has 11 heavy (non-hydrogen) atoms. The van der Waals surface area contributed by atoms with Crippen LogP contribution in [0.4, 0.5) is 0 Å². The summed E-state index contributed by atoms with van der Waals surface area (Å²) in [6.07, 6.45) is 4.28. The van der Waals surface area contributed by atoms with Gasteiger partial charge in [0.1, 0.15) is 0 Å². The van der Waals surface area contributed by atoms with Crippen molar-refractivity contribution < 1.29 is 9.90 Å². The minimum atomic E-state index is -0.797. The van der Waals surface area contributed by atoms with Gasteiger partial charge in [-0.2, -0.15) is 0 Å². The molecule has 0 unspecified atom stereocenters. The fourth-order valence-corrected chi connectivity index (χ4v) is 0.983. The first kappa shape index (κ1) is 10.4. The minimum Gasteiger partial charge on any atom is -0.481 e. The third-order valence-electron chi connectivity index (χ3n) is 1.62. The van der Waals surface area contributed by atoms with Crippen LogP contribution >= 0.6 is 0 Å². The molecule has 0 spiro atoms. The van der Waals surface area contributed by atoms with Gasteiger partial charge in [-0.25, -0.2) is 0 Å². The van der Waals surface area contributed by atoms with Gasteiger partial charge in [0.25, 0.3) is 0 Å². The van der Waals surface area contributed by atoms with Crippen molar-refractivity contribution in [3.8, 4) is 0 Å². The third kappa shape index (κ3) is 7.33. The zero-order valence-corrected chi connectivity index (χ0v) is 7.05. The molecule has 1 atom stereocenters. The molecule has 0 rings (SSSR count). The fourth-order valence-electron chi connectivity index (χ4n) is 0.983. The van der Waals surface area contributed by atoms with Crippen molar-refractivity contribution in [3.63, 3.8) is 0 Å². The van der Waals surface area contributed by atoms with Gasteiger partial charge in [-0.15, -0.1) is 0 Å². The van der Waals surface area contributed by atoms with Crippen molar-refractivity contribution in [2.24, 2.45) is 5.73 Å². The number of rotatable bonds is 6. The zero-order valence-electron chi connectivity index (χ0n) is 7.05. The largest absolute Gasteiger partial charge is 0.481 e. The van der Waals surface area contributed by atoms with Gasteiger partial charge in [-0.1, -0.05) is 26.2 Å². The molecule has 0 aliphatic carbocycles. The summed E-state index contributed by atoms with van der Waals surface area (Å²) in [5.41, 5.74) is 5.53. The van der Waals surface area contributed by atoms with E-state index in [2.05, 4.69) is 6.92 Å². The number of carboxylic acids is 1. The molecule has 0 aliphatic rings. The summed E-state index contributed by atoms with van der Waals surface area (Å²) in [4.78, 5) is 10.2. The minimum absolute atomic E-state index is 0.101. The molecule has 0 bridgehead atoms. The normalized spacial score (nSPS) is 12.9. The van der Waals surface area contributed by atoms with Crippen LogP contribution < -0.4 is 5.73 Å². The SMILES string of the molecule is CCCCC[C@@H](N)CC(=O)O. The highest BCUT2D eigenvalue weighted by atomic mass is 16.4. The quantitative estimate of drug-likeness (QED) is 0.575. The van der Waals surface area contributed by atoms with Gasteiger partial charge in [0.05, 0.1) is 6.42 Å². The predicted molar refractivity (Wildman–Crippen MR) is 44.4 cm³/mol. The molecule has 0 aromatic rings. The molecule has 0 aromatic carbocycles. The van der Waals surface area contributed by atoms with Gasteiger partial charge in [0.2, 0.25) is 0 Å². The van der Waals surface area contributed by atoms with Gasteiger partial charge in [0.15, 0.2) is 0 Å². The summed E-state index contributed by atoms with van der Waals surface area (Å²) < 4.78 is 0. The molecule has 0 aliphatic heterocycles. The molecule has 0 aromatic heterocycles. The Hall–Kier alpha value is -0.570. The van der Waals surface area contributed by atoms with Gasteiger partial charge >= 0.3 is 5.97 Å². The van der Waals surface area contributed by atoms with Crippen LogP contribution in [0.2, 0.25) is 0 Å². The van der Waals surface area contributed by atoms with Crippen molar-refractivity contribution in [2.45, 2.75) is 45.1 Å². The maximum absolute atomic E-state index is 10.2. The molecular formula is C8H17NO2. The number of aliphatic carboxylic acids is 1. The number of hydrogen-bond acceptors (Lipinski definition) is 2. The number of nitrogens with two attached hydrogens (primary N) is 1. The smallest absolute Gasteiger partial charge is 0.304 e. The Balaban J connectivity index is 3.22. The molecule has 0 saturated carbocycles. The standard InChI is InChI=1S/C8H17NO2/c1-2-3-4-5-7(9)6-8(10)11/h7H,2-6,9H2,1H3,(H,10,11)/t7-/m1/s1. The summed E-state index contributed by atoms with van der Waals surface area (Å²) in [5.74, 6) is -0.797. The molecular weight excluding hydrogens is 142 g/mol. The van der Waals surface area contributed by atoms with Crippen LogP contribution in [0.3, 0.4) is 0 Å². The molecule has 0 amide bonds. The van der Waals surface area contributed by atoms with Crippen molar-refractivity contribution in [2.75, 3.05) is 0 Å². The van der Waals surface area contributed by atoms with Crippen LogP contribution in [0.5, 0.6) is 0 Å². The van der Waals surface area contributed by atoms with Gasteiger partial charge in [-0.05, 0) is 6.42 Å². The Morgan fingerprint density at radius 3 is 2.64 bits per heavy atom. The van der Waals surface area contributed by atoms with E-state index in [0.29, 0.717) is 0 Å². The van der Waals surface area contributed by atoms with Gasteiger partial charge in [0, 0.05) is 6.04 Å². The lowest BCUT2D eigenvalue weighted by molar-refractivity contribution is -0.137. The number of carbonyl (C=O) groups is 1. The van der Waals surface area contributed by atoms with Crippen LogP contribution in [0.15, 0.2) is 0 Å². The average Bonchev–Trinajstić information content (AvgIpc) is 1.86. The molecule has 0 heterocycles. The summed E-state index contributed by atoms with van der Waals surface area (Å²) in [7, 11) is 0. The summed E-state index contributed by atoms with van der Waals surface area (Å²) in [6.45, 7) is 2.11. The van der Waals surface area contributed by atoms with E-state index in [1.54, 1.807) is 0 Å². The number of carboxylic acid groups (broad SMARTS) is 1. The highest BCUT2D eigenvalue weighted by Crippen LogP contribution is 2.03. The van der Waals surface area contributed by atoms with E-state index in [1.165, 1.54) is 0 Å². The second kappa shape index (κ2) is 6.16. The zero-order chi connectivity index (χ0) is 8.69. The first-order valence-electron chi connectivity index (χ1n) is 4.14. The number of unbranched alkanes of at least 4 members (excludes halogenated alkanes) is 2. The summed E-state index contributed by atoms with van der Waals surface area (Å²) in [5, 5.41) is 8.36. The van der Waals surface area contributed by atoms with Crippen molar-refractivity contribution in [1.29, 1.82) is 0 Å². The Bertz CT molecular complexity index is 115. The second-order valence-electron chi connectivity index (χ2n) is 2.85. The van der Waals surface area contributed by atoms with E-state index in [4.69, 9.17) is 10.8 Å². The highest BCUT2D eigenvalue weighted by Gasteiger charge is 2.06. The molecule has 66 valence electrons. The van der Waals surface area contributed by atoms with E-state index in [9.17, 15) is 4.79 Å². The fraction of sp³-hybridized carbons (Fsp3) is 0.875. The topological polar surface area (TPSA) is 63.3 Å². The lowest BCUT2D eigenvalue weighted by Crippen LogP contribution is -2.23. The summed E-state index contributed by atoms with van der Waals surface area (Å²) in [6, 6.07) is -0.154. The van der Waals surface area contributed by atoms with E-state index in [1.807, 2.05) is 0 Å². The maximum atomic E-state index is 10.2. The lowest BCUT2D eigenvalue weighted by atomic mass is 10.1. The van der Waals surface area contributed by atoms with E-state index in [-0.39, 0.29) is 12.5 Å². The van der Waals surface area contributed by atoms with Crippen molar-refractivity contribution in [1.82, 2.24) is 0 Å². The molecule has 0 radical (unpaired) electrons. The molecule has 3 heteroatoms. The second-order valence-corrected chi connectivity index (χ2v) is 2.85. The number of hydrogen-bond donors (Lipinski definition) is 2. The Morgan fingerprint density at radius 2 is 2.18 bits per heavy atom. The molecule has 0 saturated heterocycles. The van der Waals surface area contributed by atoms with Crippen molar-refractivity contribution >= 4 is 5.97 Å². The highest BCUT2D eigenvalue weighted by molar-refractivity contribution is 5.67. The summed E-state index contributed by atoms with van der Waals surface area (Å²) >= 11 is 0. The van der Waals surface area contributed by atoms with Crippen LogP contribution in [-0.2, 0) is 4.79 Å². The first-order valence-corrected chi connectivity index (χ1v) is 4.14. The van der Waals surface area contributed by atoms with Crippen LogP contribution in [-0.4, -0.2) is 17.1 Å². The van der Waals surface area contributed by atoms with E-state index >= 15 is 0 Å². The van der Waals surface area contributed by atoms with Crippen LogP contribution in [0.25, 0.3) is 0 Å². The maximum Gasteiger partial charge on any atom is 0.304 e. The van der Waals surface area contributed by atoms with E-state index < -0.39 is 5.97 Å². The third-order valence-corrected chi connectivity index (χ3v) is 1.62. The molecule has 3 nitrogen and oxygen atoms in total. The average molecular weight is 159 g/mol. The van der Waals surface area contributed by atoms with Gasteiger partial charge < -0.3 is 10.8 Å². The van der Waals surface area contributed by atoms with Crippen molar-refractivity contribution in [3.05, 3.63) is 0 Å². The van der Waals surface area contributed by atoms with Gasteiger partial charge in [-0.3, -0.25) is 4.79 Å². The first-order chi connectivity index (χ1) is 5.16. The Morgan fingerprint density at radius 1 is 1.55 bits per heavy atom. The molecule has 3 N–H and O–H groups in total. The Labute approximate surface area is 67.6 Å². The van der Waals surface area contributed by atoms with E-state index in [0.717, 1.165) is 25.7 Å². The molecule has 0 fully saturated rings. The predicted octanol–water partition coefficient (Wildman–Crippen LogP) is 1.37. The Kier molecular flexibility index (Phi) is 5.84. The van der Waals surface area contributed by atoms with Crippen LogP contribution in [0, 0.1) is 0 Å².